The monoisotopic (exact) mass is 182 g/mol. The van der Waals surface area contributed by atoms with E-state index < -0.39 is 11.6 Å². The Morgan fingerprint density at radius 3 is 1.33 bits per heavy atom. The summed E-state index contributed by atoms with van der Waals surface area (Å²) in [5.74, 6) is -0.292. The Kier molecular flexibility index (Phi) is 3.21. The van der Waals surface area contributed by atoms with Crippen LogP contribution in [0.1, 0.15) is 34.6 Å². The fourth-order valence-corrected chi connectivity index (χ4v) is 1.09. The lowest BCUT2D eigenvalue weighted by Gasteiger charge is -2.36. The predicted octanol–water partition coefficient (Wildman–Crippen LogP) is 3.87. The summed E-state index contributed by atoms with van der Waals surface area (Å²) in [6.45, 7) is 7.81. The quantitative estimate of drug-likeness (QED) is 0.608. The van der Waals surface area contributed by atoms with Crippen LogP contribution in [0.2, 0.25) is 0 Å². The van der Waals surface area contributed by atoms with Gasteiger partial charge in [-0.15, -0.1) is 0 Å². The number of hydrogen-bond donors (Lipinski definition) is 0. The number of rotatable bonds is 2. The number of halogens is 3. The van der Waals surface area contributed by atoms with Gasteiger partial charge in [-0.2, -0.15) is 13.2 Å². The molecule has 0 nitrogen and oxygen atoms in total. The number of hydrogen-bond acceptors (Lipinski definition) is 0. The van der Waals surface area contributed by atoms with Crippen LogP contribution < -0.4 is 0 Å². The maximum absolute atomic E-state index is 12.4. The molecule has 74 valence electrons. The Labute approximate surface area is 72.2 Å². The fourth-order valence-electron chi connectivity index (χ4n) is 1.09. The third-order valence-electron chi connectivity index (χ3n) is 2.87. The largest absolute Gasteiger partial charge is 0.394 e. The minimum absolute atomic E-state index is 0.0571. The second-order valence-corrected chi connectivity index (χ2v) is 4.25. The van der Waals surface area contributed by atoms with Gasteiger partial charge in [-0.25, -0.2) is 0 Å². The molecule has 0 N–H and O–H groups in total. The highest BCUT2D eigenvalue weighted by Crippen LogP contribution is 2.45. The van der Waals surface area contributed by atoms with E-state index in [2.05, 4.69) is 0 Å². The Hall–Kier alpha value is -0.210. The highest BCUT2D eigenvalue weighted by atomic mass is 19.4. The molecule has 0 aliphatic heterocycles. The fraction of sp³-hybridized carbons (Fsp3) is 1.00. The van der Waals surface area contributed by atoms with Crippen LogP contribution in [0.15, 0.2) is 0 Å². The molecule has 0 saturated carbocycles. The lowest BCUT2D eigenvalue weighted by Crippen LogP contribution is -2.40. The third-order valence-corrected chi connectivity index (χ3v) is 2.87. The van der Waals surface area contributed by atoms with Gasteiger partial charge in [0.1, 0.15) is 0 Å². The van der Waals surface area contributed by atoms with Crippen LogP contribution in [0.25, 0.3) is 0 Å². The summed E-state index contributed by atoms with van der Waals surface area (Å²) < 4.78 is 37.3. The van der Waals surface area contributed by atoms with Crippen LogP contribution in [0, 0.1) is 17.3 Å². The zero-order valence-electron chi connectivity index (χ0n) is 8.29. The number of alkyl halides is 3. The SMILES string of the molecule is CC(C)[C@@H](C)C(C)(C)C(F)(F)F. The molecule has 0 aromatic heterocycles. The van der Waals surface area contributed by atoms with Crippen molar-refractivity contribution in [1.29, 1.82) is 0 Å². The van der Waals surface area contributed by atoms with E-state index in [0.717, 1.165) is 0 Å². The van der Waals surface area contributed by atoms with Crippen LogP contribution in [0.3, 0.4) is 0 Å². The molecule has 0 amide bonds. The second-order valence-electron chi connectivity index (χ2n) is 4.25. The van der Waals surface area contributed by atoms with Gasteiger partial charge in [0.2, 0.25) is 0 Å². The van der Waals surface area contributed by atoms with Crippen LogP contribution in [0.5, 0.6) is 0 Å². The zero-order valence-corrected chi connectivity index (χ0v) is 8.29. The summed E-state index contributed by atoms with van der Waals surface area (Å²) in [6, 6.07) is 0. The molecular weight excluding hydrogens is 165 g/mol. The van der Waals surface area contributed by atoms with Crippen LogP contribution in [-0.4, -0.2) is 6.18 Å². The molecule has 3 heteroatoms. The van der Waals surface area contributed by atoms with Crippen molar-refractivity contribution in [2.45, 2.75) is 40.8 Å². The lowest BCUT2D eigenvalue weighted by molar-refractivity contribution is -0.232. The van der Waals surface area contributed by atoms with Gasteiger partial charge in [-0.3, -0.25) is 0 Å². The summed E-state index contributed by atoms with van der Waals surface area (Å²) in [7, 11) is 0. The zero-order chi connectivity index (χ0) is 10.2. The van der Waals surface area contributed by atoms with Gasteiger partial charge in [0.15, 0.2) is 0 Å². The lowest BCUT2D eigenvalue weighted by atomic mass is 9.73. The summed E-state index contributed by atoms with van der Waals surface area (Å²) in [6.07, 6.45) is -4.10. The molecule has 0 saturated heterocycles. The molecule has 0 unspecified atom stereocenters. The van der Waals surface area contributed by atoms with E-state index in [1.54, 1.807) is 6.92 Å². The molecule has 0 bridgehead atoms. The van der Waals surface area contributed by atoms with E-state index in [9.17, 15) is 13.2 Å². The molecule has 0 spiro atoms. The summed E-state index contributed by atoms with van der Waals surface area (Å²) in [5, 5.41) is 0. The van der Waals surface area contributed by atoms with Gasteiger partial charge >= 0.3 is 6.18 Å². The van der Waals surface area contributed by atoms with Crippen molar-refractivity contribution < 1.29 is 13.2 Å². The van der Waals surface area contributed by atoms with Gasteiger partial charge < -0.3 is 0 Å². The van der Waals surface area contributed by atoms with Gasteiger partial charge in [0, 0.05) is 0 Å². The van der Waals surface area contributed by atoms with Crippen molar-refractivity contribution in [1.82, 2.24) is 0 Å². The molecule has 0 radical (unpaired) electrons. The standard InChI is InChI=1S/C9H17F3/c1-6(2)7(3)8(4,5)9(10,11)12/h6-7H,1-5H3/t7-/m1/s1. The molecule has 1 atom stereocenters. The maximum Gasteiger partial charge on any atom is 0.394 e. The molecule has 0 aromatic rings. The van der Waals surface area contributed by atoms with Gasteiger partial charge in [0.25, 0.3) is 0 Å². The highest BCUT2D eigenvalue weighted by Gasteiger charge is 2.51. The molecule has 12 heavy (non-hydrogen) atoms. The first-order chi connectivity index (χ1) is 5.10. The van der Waals surface area contributed by atoms with Gasteiger partial charge in [0.05, 0.1) is 5.41 Å². The molecule has 0 fully saturated rings. The first-order valence-electron chi connectivity index (χ1n) is 4.17. The Morgan fingerprint density at radius 1 is 0.917 bits per heavy atom. The van der Waals surface area contributed by atoms with E-state index in [1.807, 2.05) is 13.8 Å². The van der Waals surface area contributed by atoms with E-state index in [1.165, 1.54) is 13.8 Å². The van der Waals surface area contributed by atoms with Crippen molar-refractivity contribution in [3.05, 3.63) is 0 Å². The first kappa shape index (κ1) is 11.8. The van der Waals surface area contributed by atoms with Crippen molar-refractivity contribution in [2.75, 3.05) is 0 Å². The predicted molar refractivity (Wildman–Crippen MR) is 43.8 cm³/mol. The third kappa shape index (κ3) is 2.14. The first-order valence-corrected chi connectivity index (χ1v) is 4.17. The average Bonchev–Trinajstić information content (AvgIpc) is 1.83. The molecule has 0 rings (SSSR count). The van der Waals surface area contributed by atoms with Crippen molar-refractivity contribution >= 4 is 0 Å². The van der Waals surface area contributed by atoms with E-state index in [4.69, 9.17) is 0 Å². The minimum Gasteiger partial charge on any atom is -0.171 e. The van der Waals surface area contributed by atoms with Crippen molar-refractivity contribution in [2.24, 2.45) is 17.3 Å². The van der Waals surface area contributed by atoms with Crippen molar-refractivity contribution in [3.63, 3.8) is 0 Å². The van der Waals surface area contributed by atoms with Gasteiger partial charge in [-0.1, -0.05) is 34.6 Å². The highest BCUT2D eigenvalue weighted by molar-refractivity contribution is 4.83. The normalized spacial score (nSPS) is 16.8. The Bertz CT molecular complexity index is 144. The van der Waals surface area contributed by atoms with Crippen molar-refractivity contribution in [3.8, 4) is 0 Å². The maximum atomic E-state index is 12.4. The second kappa shape index (κ2) is 3.27. The van der Waals surface area contributed by atoms with Gasteiger partial charge in [-0.05, 0) is 11.8 Å². The average molecular weight is 182 g/mol. The summed E-state index contributed by atoms with van der Waals surface area (Å²) in [4.78, 5) is 0. The molecule has 0 aliphatic rings. The van der Waals surface area contributed by atoms with Crippen LogP contribution in [0.4, 0.5) is 13.2 Å². The molecule has 0 aromatic carbocycles. The van der Waals surface area contributed by atoms with Crippen LogP contribution in [-0.2, 0) is 0 Å². The van der Waals surface area contributed by atoms with Crippen LogP contribution >= 0.6 is 0 Å². The summed E-state index contributed by atoms with van der Waals surface area (Å²) >= 11 is 0. The van der Waals surface area contributed by atoms with E-state index >= 15 is 0 Å². The molecule has 0 aliphatic carbocycles. The smallest absolute Gasteiger partial charge is 0.171 e. The van der Waals surface area contributed by atoms with E-state index in [-0.39, 0.29) is 11.8 Å². The molecular formula is C9H17F3. The topological polar surface area (TPSA) is 0 Å². The Morgan fingerprint density at radius 2 is 1.25 bits per heavy atom. The molecule has 0 heterocycles. The Balaban J connectivity index is 4.61. The summed E-state index contributed by atoms with van der Waals surface area (Å²) in [5.41, 5.74) is -1.58. The van der Waals surface area contributed by atoms with E-state index in [0.29, 0.717) is 0 Å². The minimum atomic E-state index is -4.10.